The van der Waals surface area contributed by atoms with Gasteiger partial charge < -0.3 is 14.6 Å². The lowest BCUT2D eigenvalue weighted by Gasteiger charge is -2.28. The fourth-order valence-corrected chi connectivity index (χ4v) is 2.60. The average Bonchev–Trinajstić information content (AvgIpc) is 2.59. The summed E-state index contributed by atoms with van der Waals surface area (Å²) in [5, 5.41) is 8.93. The van der Waals surface area contributed by atoms with E-state index in [0.717, 1.165) is 11.3 Å². The van der Waals surface area contributed by atoms with E-state index in [-0.39, 0.29) is 30.4 Å². The molecule has 0 fully saturated rings. The van der Waals surface area contributed by atoms with Crippen LogP contribution < -0.4 is 10.3 Å². The minimum Gasteiger partial charge on any atom is -0.481 e. The molecule has 6 nitrogen and oxygen atoms in total. The molecule has 2 aromatic rings. The summed E-state index contributed by atoms with van der Waals surface area (Å²) < 4.78 is 18.7. The molecular weight excluding hydrogens is 313 g/mol. The summed E-state index contributed by atoms with van der Waals surface area (Å²) in [5.74, 6) is -0.779. The van der Waals surface area contributed by atoms with Gasteiger partial charge in [0, 0.05) is 25.2 Å². The lowest BCUT2D eigenvalue weighted by molar-refractivity contribution is -0.134. The second kappa shape index (κ2) is 6.54. The molecule has 0 spiro atoms. The number of hydrogen-bond acceptors (Lipinski definition) is 4. The summed E-state index contributed by atoms with van der Waals surface area (Å²) in [7, 11) is 0. The van der Waals surface area contributed by atoms with Crippen LogP contribution in [0.1, 0.15) is 16.8 Å². The second-order valence-electron chi connectivity index (χ2n) is 5.41. The maximum atomic E-state index is 13.5. The van der Waals surface area contributed by atoms with E-state index in [1.165, 1.54) is 18.2 Å². The molecule has 0 unspecified atom stereocenters. The maximum absolute atomic E-state index is 13.5. The van der Waals surface area contributed by atoms with Crippen molar-refractivity contribution in [3.8, 4) is 11.8 Å². The van der Waals surface area contributed by atoms with E-state index < -0.39 is 11.4 Å². The number of ether oxygens (including phenoxy) is 1. The van der Waals surface area contributed by atoms with Gasteiger partial charge in [0.15, 0.2) is 18.2 Å². The Bertz CT molecular complexity index is 885. The summed E-state index contributed by atoms with van der Waals surface area (Å²) in [6, 6.07) is 9.22. The van der Waals surface area contributed by atoms with Gasteiger partial charge in [-0.3, -0.25) is 9.59 Å². The number of H-pyrrole nitrogens is 1. The van der Waals surface area contributed by atoms with Crippen LogP contribution in [0.3, 0.4) is 0 Å². The Balaban J connectivity index is 1.69. The number of fused-ring (bicyclic) bond motifs is 1. The number of para-hydroxylation sites is 1. The third kappa shape index (κ3) is 3.13. The van der Waals surface area contributed by atoms with Gasteiger partial charge in [0.1, 0.15) is 11.6 Å². The summed E-state index contributed by atoms with van der Waals surface area (Å²) in [5.41, 5.74) is 1.07. The van der Waals surface area contributed by atoms with Crippen LogP contribution in [0.15, 0.2) is 35.1 Å². The van der Waals surface area contributed by atoms with E-state index in [0.29, 0.717) is 13.0 Å². The summed E-state index contributed by atoms with van der Waals surface area (Å²) in [6.45, 7) is 0.430. The number of hydrogen-bond donors (Lipinski definition) is 1. The lowest BCUT2D eigenvalue weighted by Crippen LogP contribution is -2.40. The van der Waals surface area contributed by atoms with Crippen molar-refractivity contribution in [2.45, 2.75) is 13.0 Å². The van der Waals surface area contributed by atoms with Crippen molar-refractivity contribution in [1.82, 2.24) is 9.88 Å². The highest BCUT2D eigenvalue weighted by molar-refractivity contribution is 5.78. The molecule has 0 atom stereocenters. The van der Waals surface area contributed by atoms with Crippen molar-refractivity contribution in [3.63, 3.8) is 0 Å². The van der Waals surface area contributed by atoms with Crippen LogP contribution in [0.5, 0.6) is 5.75 Å². The number of aromatic amines is 1. The first-order valence-corrected chi connectivity index (χ1v) is 7.39. The Morgan fingerprint density at radius 2 is 2.21 bits per heavy atom. The standard InChI is InChI=1S/C17H14FN3O3/c18-13-3-1-2-4-15(13)24-10-16(22)21-6-5-14-12(9-21)7-11(8-19)17(23)20-14/h1-4,7H,5-6,9-10H2,(H,20,23). The van der Waals surface area contributed by atoms with Crippen molar-refractivity contribution in [3.05, 3.63) is 63.3 Å². The van der Waals surface area contributed by atoms with Gasteiger partial charge in [-0.2, -0.15) is 5.26 Å². The third-order valence-electron chi connectivity index (χ3n) is 3.87. The maximum Gasteiger partial charge on any atom is 0.266 e. The SMILES string of the molecule is N#Cc1cc2c([nH]c1=O)CCN(C(=O)COc1ccccc1F)C2. The van der Waals surface area contributed by atoms with Crippen molar-refractivity contribution < 1.29 is 13.9 Å². The second-order valence-corrected chi connectivity index (χ2v) is 5.41. The Hall–Kier alpha value is -3.14. The van der Waals surface area contributed by atoms with Crippen LogP contribution in [-0.2, 0) is 17.8 Å². The van der Waals surface area contributed by atoms with Gasteiger partial charge in [0.05, 0.1) is 0 Å². The zero-order valence-electron chi connectivity index (χ0n) is 12.7. The van der Waals surface area contributed by atoms with Crippen molar-refractivity contribution in [2.24, 2.45) is 0 Å². The number of nitriles is 1. The largest absolute Gasteiger partial charge is 0.481 e. The first-order chi connectivity index (χ1) is 11.6. The number of aromatic nitrogens is 1. The first kappa shape index (κ1) is 15.7. The molecule has 1 N–H and O–H groups in total. The van der Waals surface area contributed by atoms with Gasteiger partial charge in [-0.05, 0) is 23.8 Å². The van der Waals surface area contributed by atoms with E-state index in [2.05, 4.69) is 4.98 Å². The molecule has 122 valence electrons. The molecule has 0 bridgehead atoms. The number of carbonyl (C=O) groups is 1. The Morgan fingerprint density at radius 1 is 1.42 bits per heavy atom. The highest BCUT2D eigenvalue weighted by Crippen LogP contribution is 2.18. The number of nitrogens with zero attached hydrogens (tertiary/aromatic N) is 2. The molecule has 0 radical (unpaired) electrons. The molecule has 0 saturated heterocycles. The van der Waals surface area contributed by atoms with Crippen LogP contribution in [0, 0.1) is 17.1 Å². The first-order valence-electron chi connectivity index (χ1n) is 7.39. The van der Waals surface area contributed by atoms with Crippen molar-refractivity contribution in [2.75, 3.05) is 13.2 Å². The number of benzene rings is 1. The molecule has 1 aromatic carbocycles. The minimum atomic E-state index is -0.523. The minimum absolute atomic E-state index is 0.0191. The Labute approximate surface area is 137 Å². The van der Waals surface area contributed by atoms with Crippen molar-refractivity contribution >= 4 is 5.91 Å². The number of pyridine rings is 1. The highest BCUT2D eigenvalue weighted by Gasteiger charge is 2.22. The zero-order chi connectivity index (χ0) is 17.1. The molecule has 0 aliphatic carbocycles. The van der Waals surface area contributed by atoms with Crippen LogP contribution in [0.25, 0.3) is 0 Å². The molecule has 3 rings (SSSR count). The van der Waals surface area contributed by atoms with E-state index in [9.17, 15) is 14.0 Å². The molecule has 1 amide bonds. The molecule has 1 aromatic heterocycles. The molecule has 24 heavy (non-hydrogen) atoms. The summed E-state index contributed by atoms with van der Waals surface area (Å²) in [4.78, 5) is 28.1. The predicted molar refractivity (Wildman–Crippen MR) is 82.8 cm³/mol. The smallest absolute Gasteiger partial charge is 0.266 e. The normalized spacial score (nSPS) is 13.1. The Kier molecular flexibility index (Phi) is 4.29. The van der Waals surface area contributed by atoms with Gasteiger partial charge in [-0.15, -0.1) is 0 Å². The van der Waals surface area contributed by atoms with Gasteiger partial charge in [-0.1, -0.05) is 12.1 Å². The third-order valence-corrected chi connectivity index (χ3v) is 3.87. The number of halogens is 1. The fraction of sp³-hybridized carbons (Fsp3) is 0.235. The quantitative estimate of drug-likeness (QED) is 0.922. The topological polar surface area (TPSA) is 86.2 Å². The average molecular weight is 327 g/mol. The van der Waals surface area contributed by atoms with Gasteiger partial charge >= 0.3 is 0 Å². The van der Waals surface area contributed by atoms with Gasteiger partial charge in [0.25, 0.3) is 11.5 Å². The van der Waals surface area contributed by atoms with Crippen LogP contribution in [0.4, 0.5) is 4.39 Å². The molecule has 0 saturated carbocycles. The van der Waals surface area contributed by atoms with Crippen LogP contribution in [0.2, 0.25) is 0 Å². The van der Waals surface area contributed by atoms with E-state index in [1.54, 1.807) is 17.0 Å². The van der Waals surface area contributed by atoms with E-state index >= 15 is 0 Å². The zero-order valence-corrected chi connectivity index (χ0v) is 12.7. The molecule has 7 heteroatoms. The van der Waals surface area contributed by atoms with E-state index in [1.807, 2.05) is 6.07 Å². The van der Waals surface area contributed by atoms with Crippen LogP contribution in [-0.4, -0.2) is 28.9 Å². The van der Waals surface area contributed by atoms with Gasteiger partial charge in [-0.25, -0.2) is 4.39 Å². The Morgan fingerprint density at radius 3 is 2.96 bits per heavy atom. The summed E-state index contributed by atoms with van der Waals surface area (Å²) in [6.07, 6.45) is 0.488. The van der Waals surface area contributed by atoms with Crippen molar-refractivity contribution in [1.29, 1.82) is 5.26 Å². The monoisotopic (exact) mass is 327 g/mol. The predicted octanol–water partition coefficient (Wildman–Crippen LogP) is 1.35. The fourth-order valence-electron chi connectivity index (χ4n) is 2.60. The lowest BCUT2D eigenvalue weighted by atomic mass is 10.0. The molecular formula is C17H14FN3O3. The summed E-state index contributed by atoms with van der Waals surface area (Å²) >= 11 is 0. The molecule has 1 aliphatic rings. The molecule has 1 aliphatic heterocycles. The van der Waals surface area contributed by atoms with Gasteiger partial charge in [0.2, 0.25) is 0 Å². The number of nitrogens with one attached hydrogen (secondary N) is 1. The number of rotatable bonds is 3. The highest BCUT2D eigenvalue weighted by atomic mass is 19.1. The van der Waals surface area contributed by atoms with E-state index in [4.69, 9.17) is 10.00 Å². The van der Waals surface area contributed by atoms with Crippen LogP contribution >= 0.6 is 0 Å². The number of amides is 1. The number of carbonyl (C=O) groups excluding carboxylic acids is 1. The molecule has 2 heterocycles.